The Morgan fingerprint density at radius 2 is 2.16 bits per heavy atom. The van der Waals surface area contributed by atoms with Crippen molar-refractivity contribution >= 4 is 11.9 Å². The molecule has 5 nitrogen and oxygen atoms in total. The van der Waals surface area contributed by atoms with E-state index in [4.69, 9.17) is 9.47 Å². The van der Waals surface area contributed by atoms with Crippen molar-refractivity contribution in [1.29, 1.82) is 5.26 Å². The van der Waals surface area contributed by atoms with Crippen molar-refractivity contribution in [3.63, 3.8) is 0 Å². The first kappa shape index (κ1) is 18.2. The Morgan fingerprint density at radius 1 is 1.48 bits per heavy atom. The molecular formula is C20H29NO4. The maximum absolute atomic E-state index is 13.1. The first-order valence-corrected chi connectivity index (χ1v) is 9.53. The fourth-order valence-corrected chi connectivity index (χ4v) is 5.33. The Morgan fingerprint density at radius 3 is 2.72 bits per heavy atom. The van der Waals surface area contributed by atoms with Gasteiger partial charge in [-0.3, -0.25) is 9.59 Å². The van der Waals surface area contributed by atoms with Crippen LogP contribution in [0.3, 0.4) is 0 Å². The predicted molar refractivity (Wildman–Crippen MR) is 91.0 cm³/mol. The van der Waals surface area contributed by atoms with Crippen LogP contribution in [0.1, 0.15) is 60.3 Å². The zero-order valence-electron chi connectivity index (χ0n) is 15.9. The molecule has 3 rings (SSSR count). The maximum Gasteiger partial charge on any atom is 0.327 e. The number of carbonyl (C=O) groups is 2. The molecule has 5 heteroatoms. The van der Waals surface area contributed by atoms with Gasteiger partial charge < -0.3 is 9.47 Å². The molecule has 7 atom stereocenters. The number of nitriles is 1. The standard InChI is InChI=1S/C20H29NO4/c1-6-12(4)19(5,8-11(2)3)17(22)24-15-13-7-14-16(15)25-18(23)20(14,9-13)10-21/h11-16H,6-9H2,1-5H3. The summed E-state index contributed by atoms with van der Waals surface area (Å²) in [5, 5.41) is 9.48. The second-order valence-electron chi connectivity index (χ2n) is 8.95. The van der Waals surface area contributed by atoms with E-state index in [9.17, 15) is 14.9 Å². The molecule has 138 valence electrons. The average molecular weight is 347 g/mol. The van der Waals surface area contributed by atoms with Crippen LogP contribution in [-0.2, 0) is 19.1 Å². The van der Waals surface area contributed by atoms with Crippen molar-refractivity contribution in [2.45, 2.75) is 72.5 Å². The van der Waals surface area contributed by atoms with E-state index in [1.54, 1.807) is 0 Å². The highest BCUT2D eigenvalue weighted by Crippen LogP contribution is 2.62. The normalized spacial score (nSPS) is 39.0. The highest BCUT2D eigenvalue weighted by molar-refractivity contribution is 5.84. The third kappa shape index (κ3) is 2.48. The Labute approximate surface area is 150 Å². The van der Waals surface area contributed by atoms with Gasteiger partial charge in [-0.15, -0.1) is 0 Å². The summed E-state index contributed by atoms with van der Waals surface area (Å²) in [4.78, 5) is 25.3. The van der Waals surface area contributed by atoms with Crippen LogP contribution in [0.25, 0.3) is 0 Å². The van der Waals surface area contributed by atoms with Gasteiger partial charge in [0.15, 0.2) is 5.41 Å². The lowest BCUT2D eigenvalue weighted by atomic mass is 9.71. The van der Waals surface area contributed by atoms with Gasteiger partial charge in [-0.1, -0.05) is 34.1 Å². The minimum absolute atomic E-state index is 0.0604. The first-order chi connectivity index (χ1) is 11.7. The molecule has 0 amide bonds. The number of ether oxygens (including phenoxy) is 2. The number of hydrogen-bond acceptors (Lipinski definition) is 5. The average Bonchev–Trinajstić information content (AvgIpc) is 3.15. The summed E-state index contributed by atoms with van der Waals surface area (Å²) >= 11 is 0. The van der Waals surface area contributed by atoms with Gasteiger partial charge in [0.2, 0.25) is 0 Å². The highest BCUT2D eigenvalue weighted by atomic mass is 16.6. The third-order valence-electron chi connectivity index (χ3n) is 7.01. The second kappa shape index (κ2) is 6.00. The quantitative estimate of drug-likeness (QED) is 0.688. The van der Waals surface area contributed by atoms with Gasteiger partial charge in [-0.2, -0.15) is 5.26 Å². The summed E-state index contributed by atoms with van der Waals surface area (Å²) in [5.41, 5.74) is -1.53. The molecule has 1 aliphatic heterocycles. The Balaban J connectivity index is 1.78. The van der Waals surface area contributed by atoms with Gasteiger partial charge in [-0.05, 0) is 38.0 Å². The summed E-state index contributed by atoms with van der Waals surface area (Å²) in [6.07, 6.45) is 2.06. The van der Waals surface area contributed by atoms with Crippen LogP contribution in [0.15, 0.2) is 0 Å². The number of fused-ring (bicyclic) bond motifs is 1. The van der Waals surface area contributed by atoms with Crippen molar-refractivity contribution in [2.24, 2.45) is 34.5 Å². The lowest BCUT2D eigenvalue weighted by Gasteiger charge is -2.37. The maximum atomic E-state index is 13.1. The molecule has 0 aromatic heterocycles. The largest absolute Gasteiger partial charge is 0.458 e. The first-order valence-electron chi connectivity index (χ1n) is 9.53. The van der Waals surface area contributed by atoms with Gasteiger partial charge >= 0.3 is 11.9 Å². The lowest BCUT2D eigenvalue weighted by Crippen LogP contribution is -2.44. The van der Waals surface area contributed by atoms with Gasteiger partial charge in [0.25, 0.3) is 0 Å². The van der Waals surface area contributed by atoms with Gasteiger partial charge in [-0.25, -0.2) is 0 Å². The van der Waals surface area contributed by atoms with E-state index in [2.05, 4.69) is 33.8 Å². The smallest absolute Gasteiger partial charge is 0.327 e. The van der Waals surface area contributed by atoms with E-state index < -0.39 is 22.9 Å². The summed E-state index contributed by atoms with van der Waals surface area (Å²) in [6, 6.07) is 2.19. The second-order valence-corrected chi connectivity index (χ2v) is 8.95. The molecule has 1 heterocycles. The number of esters is 2. The summed E-state index contributed by atoms with van der Waals surface area (Å²) in [5.74, 6) is -0.0537. The van der Waals surface area contributed by atoms with Crippen LogP contribution in [0.4, 0.5) is 0 Å². The molecule has 3 aliphatic rings. The molecule has 2 bridgehead atoms. The van der Waals surface area contributed by atoms with E-state index in [-0.39, 0.29) is 29.8 Å². The van der Waals surface area contributed by atoms with E-state index in [1.165, 1.54) is 0 Å². The molecule has 2 aliphatic carbocycles. The topological polar surface area (TPSA) is 76.4 Å². The molecule has 7 unspecified atom stereocenters. The Hall–Kier alpha value is -1.57. The SMILES string of the molecule is CCC(C)C(C)(CC(C)C)C(=O)OC1C2CC3C1OC(=O)C3(C#N)C2. The molecule has 0 radical (unpaired) electrons. The molecule has 25 heavy (non-hydrogen) atoms. The minimum Gasteiger partial charge on any atom is -0.458 e. The van der Waals surface area contributed by atoms with E-state index >= 15 is 0 Å². The van der Waals surface area contributed by atoms with Crippen LogP contribution in [0.2, 0.25) is 0 Å². The minimum atomic E-state index is -0.990. The highest BCUT2D eigenvalue weighted by Gasteiger charge is 2.72. The third-order valence-corrected chi connectivity index (χ3v) is 7.01. The molecule has 0 N–H and O–H groups in total. The number of hydrogen-bond donors (Lipinski definition) is 0. The lowest BCUT2D eigenvalue weighted by molar-refractivity contribution is -0.175. The van der Waals surface area contributed by atoms with Gasteiger partial charge in [0.1, 0.15) is 12.2 Å². The molecule has 3 fully saturated rings. The molecule has 0 aromatic rings. The summed E-state index contributed by atoms with van der Waals surface area (Å²) in [7, 11) is 0. The zero-order chi connectivity index (χ0) is 18.6. The van der Waals surface area contributed by atoms with Crippen LogP contribution in [0, 0.1) is 45.8 Å². The van der Waals surface area contributed by atoms with E-state index in [0.29, 0.717) is 12.3 Å². The molecule has 0 spiro atoms. The fraction of sp³-hybridized carbons (Fsp3) is 0.850. The molecule has 2 saturated carbocycles. The van der Waals surface area contributed by atoms with Crippen molar-refractivity contribution in [2.75, 3.05) is 0 Å². The molecule has 1 saturated heterocycles. The van der Waals surface area contributed by atoms with Crippen LogP contribution < -0.4 is 0 Å². The van der Waals surface area contributed by atoms with E-state index in [0.717, 1.165) is 19.3 Å². The fourth-order valence-electron chi connectivity index (χ4n) is 5.33. The summed E-state index contributed by atoms with van der Waals surface area (Å²) in [6.45, 7) is 10.4. The van der Waals surface area contributed by atoms with Crippen molar-refractivity contribution in [1.82, 2.24) is 0 Å². The molecule has 0 aromatic carbocycles. The van der Waals surface area contributed by atoms with Crippen LogP contribution in [-0.4, -0.2) is 24.1 Å². The Kier molecular flexibility index (Phi) is 4.38. The van der Waals surface area contributed by atoms with Crippen LogP contribution >= 0.6 is 0 Å². The monoisotopic (exact) mass is 347 g/mol. The number of carbonyl (C=O) groups excluding carboxylic acids is 2. The number of nitrogens with zero attached hydrogens (tertiary/aromatic N) is 1. The van der Waals surface area contributed by atoms with Crippen LogP contribution in [0.5, 0.6) is 0 Å². The summed E-state index contributed by atoms with van der Waals surface area (Å²) < 4.78 is 11.5. The van der Waals surface area contributed by atoms with Crippen molar-refractivity contribution in [3.05, 3.63) is 0 Å². The molecular weight excluding hydrogens is 318 g/mol. The van der Waals surface area contributed by atoms with Crippen molar-refractivity contribution < 1.29 is 19.1 Å². The number of rotatable bonds is 6. The zero-order valence-corrected chi connectivity index (χ0v) is 15.9. The van der Waals surface area contributed by atoms with Crippen molar-refractivity contribution in [3.8, 4) is 6.07 Å². The Bertz CT molecular complexity index is 624. The van der Waals surface area contributed by atoms with Gasteiger partial charge in [0.05, 0.1) is 11.5 Å². The van der Waals surface area contributed by atoms with E-state index in [1.807, 2.05) is 6.92 Å². The predicted octanol–water partition coefficient (Wildman–Crippen LogP) is 3.47. The van der Waals surface area contributed by atoms with Gasteiger partial charge in [0, 0.05) is 11.8 Å².